The Morgan fingerprint density at radius 1 is 1.20 bits per heavy atom. The summed E-state index contributed by atoms with van der Waals surface area (Å²) in [6.45, 7) is 2.04. The minimum atomic E-state index is 0.990. The molecule has 15 heavy (non-hydrogen) atoms. The van der Waals surface area contributed by atoms with E-state index in [0.717, 1.165) is 19.5 Å². The monoisotopic (exact) mass is 301 g/mol. The second kappa shape index (κ2) is 5.80. The molecule has 0 aliphatic heterocycles. The maximum absolute atomic E-state index is 3.47. The van der Waals surface area contributed by atoms with Crippen molar-refractivity contribution in [2.45, 2.75) is 13.0 Å². The lowest BCUT2D eigenvalue weighted by atomic mass is 10.3. The second-order valence-corrected chi connectivity index (χ2v) is 6.79. The molecule has 0 spiro atoms. The molecule has 0 saturated carbocycles. The Labute approximate surface area is 106 Å². The summed E-state index contributed by atoms with van der Waals surface area (Å²) in [6.07, 6.45) is 1.11. The molecule has 0 aromatic carbocycles. The molecule has 0 aliphatic rings. The molecule has 0 aliphatic carbocycles. The third-order valence-corrected chi connectivity index (χ3v) is 4.62. The summed E-state index contributed by atoms with van der Waals surface area (Å²) >= 11 is 7.09. The van der Waals surface area contributed by atoms with Crippen LogP contribution in [0.2, 0.25) is 0 Å². The Balaban J connectivity index is 1.67. The summed E-state index contributed by atoms with van der Waals surface area (Å²) in [5.41, 5.74) is 0. The molecule has 0 unspecified atom stereocenters. The maximum Gasteiger partial charge on any atom is 0.0701 e. The van der Waals surface area contributed by atoms with Gasteiger partial charge in [0.25, 0.3) is 0 Å². The van der Waals surface area contributed by atoms with Crippen molar-refractivity contribution in [3.8, 4) is 0 Å². The molecule has 1 N–H and O–H groups in total. The average molecular weight is 302 g/mol. The van der Waals surface area contributed by atoms with Gasteiger partial charge in [0, 0.05) is 22.8 Å². The number of nitrogens with one attached hydrogen (secondary N) is 1. The minimum absolute atomic E-state index is 0.990. The van der Waals surface area contributed by atoms with Crippen LogP contribution in [0.3, 0.4) is 0 Å². The first-order valence-electron chi connectivity index (χ1n) is 4.82. The Kier molecular flexibility index (Phi) is 4.38. The van der Waals surface area contributed by atoms with E-state index in [4.69, 9.17) is 0 Å². The lowest BCUT2D eigenvalue weighted by molar-refractivity contribution is 0.697. The highest BCUT2D eigenvalue weighted by atomic mass is 79.9. The van der Waals surface area contributed by atoms with Gasteiger partial charge in [0.15, 0.2) is 0 Å². The average Bonchev–Trinajstić information content (AvgIpc) is 2.84. The van der Waals surface area contributed by atoms with E-state index in [1.807, 2.05) is 11.3 Å². The van der Waals surface area contributed by atoms with Crippen molar-refractivity contribution >= 4 is 38.6 Å². The summed E-state index contributed by atoms with van der Waals surface area (Å²) in [7, 11) is 0. The number of hydrogen-bond acceptors (Lipinski definition) is 3. The van der Waals surface area contributed by atoms with Crippen LogP contribution in [0, 0.1) is 0 Å². The van der Waals surface area contributed by atoms with E-state index < -0.39 is 0 Å². The van der Waals surface area contributed by atoms with Crippen LogP contribution in [0.5, 0.6) is 0 Å². The predicted octanol–water partition coefficient (Wildman–Crippen LogP) is 3.90. The molecular formula is C11H12BrNS2. The van der Waals surface area contributed by atoms with Crippen LogP contribution in [0.1, 0.15) is 9.75 Å². The van der Waals surface area contributed by atoms with E-state index in [1.54, 1.807) is 11.3 Å². The van der Waals surface area contributed by atoms with Crippen LogP contribution in [0.25, 0.3) is 0 Å². The topological polar surface area (TPSA) is 12.0 Å². The van der Waals surface area contributed by atoms with E-state index >= 15 is 0 Å². The standard InChI is InChI=1S/C11H12BrNS2/c12-11-4-3-9(15-11)5-6-13-8-10-2-1-7-14-10/h1-4,7,13H,5-6,8H2. The number of hydrogen-bond donors (Lipinski definition) is 1. The van der Waals surface area contributed by atoms with E-state index in [1.165, 1.54) is 13.5 Å². The first-order valence-corrected chi connectivity index (χ1v) is 7.31. The van der Waals surface area contributed by atoms with Gasteiger partial charge >= 0.3 is 0 Å². The van der Waals surface area contributed by atoms with Crippen LogP contribution in [0.15, 0.2) is 33.4 Å². The summed E-state index contributed by atoms with van der Waals surface area (Å²) in [5, 5.41) is 5.57. The fraction of sp³-hybridized carbons (Fsp3) is 0.273. The van der Waals surface area contributed by atoms with Crippen LogP contribution < -0.4 is 5.32 Å². The van der Waals surface area contributed by atoms with Crippen LogP contribution in [-0.2, 0) is 13.0 Å². The molecule has 0 radical (unpaired) electrons. The summed E-state index contributed by atoms with van der Waals surface area (Å²) < 4.78 is 1.22. The minimum Gasteiger partial charge on any atom is -0.311 e. The first-order chi connectivity index (χ1) is 7.34. The van der Waals surface area contributed by atoms with E-state index in [2.05, 4.69) is 50.9 Å². The van der Waals surface area contributed by atoms with E-state index in [0.29, 0.717) is 0 Å². The van der Waals surface area contributed by atoms with Gasteiger partial charge in [0.2, 0.25) is 0 Å². The van der Waals surface area contributed by atoms with Gasteiger partial charge in [-0.2, -0.15) is 0 Å². The Hall–Kier alpha value is -0.160. The molecule has 4 heteroatoms. The Bertz CT molecular complexity index is 394. The van der Waals surface area contributed by atoms with Crippen molar-refractivity contribution in [3.05, 3.63) is 43.2 Å². The quantitative estimate of drug-likeness (QED) is 0.826. The number of halogens is 1. The largest absolute Gasteiger partial charge is 0.311 e. The molecule has 0 fully saturated rings. The predicted molar refractivity (Wildman–Crippen MR) is 71.7 cm³/mol. The molecule has 2 rings (SSSR count). The van der Waals surface area contributed by atoms with Gasteiger partial charge in [-0.1, -0.05) is 6.07 Å². The highest BCUT2D eigenvalue weighted by molar-refractivity contribution is 9.11. The van der Waals surface area contributed by atoms with Gasteiger partial charge in [-0.05, 0) is 45.9 Å². The van der Waals surface area contributed by atoms with Crippen LogP contribution in [0.4, 0.5) is 0 Å². The normalized spacial score (nSPS) is 10.7. The summed E-state index contributed by atoms with van der Waals surface area (Å²) in [5.74, 6) is 0. The number of rotatable bonds is 5. The molecule has 2 aromatic rings. The Morgan fingerprint density at radius 2 is 2.13 bits per heavy atom. The van der Waals surface area contributed by atoms with Crippen molar-refractivity contribution in [2.75, 3.05) is 6.54 Å². The van der Waals surface area contributed by atoms with Crippen molar-refractivity contribution in [1.82, 2.24) is 5.32 Å². The van der Waals surface area contributed by atoms with Crippen LogP contribution in [-0.4, -0.2) is 6.54 Å². The van der Waals surface area contributed by atoms with Gasteiger partial charge in [-0.25, -0.2) is 0 Å². The SMILES string of the molecule is Brc1ccc(CCNCc2cccs2)s1. The van der Waals surface area contributed by atoms with E-state index in [-0.39, 0.29) is 0 Å². The zero-order chi connectivity index (χ0) is 10.5. The lowest BCUT2D eigenvalue weighted by Crippen LogP contribution is -2.15. The summed E-state index contributed by atoms with van der Waals surface area (Å²) in [4.78, 5) is 2.84. The molecule has 1 nitrogen and oxygen atoms in total. The molecule has 0 amide bonds. The zero-order valence-electron chi connectivity index (χ0n) is 8.20. The van der Waals surface area contributed by atoms with Crippen LogP contribution >= 0.6 is 38.6 Å². The summed E-state index contributed by atoms with van der Waals surface area (Å²) in [6, 6.07) is 8.55. The first kappa shape index (κ1) is 11.3. The maximum atomic E-state index is 3.47. The van der Waals surface area contributed by atoms with Gasteiger partial charge in [-0.3, -0.25) is 0 Å². The highest BCUT2D eigenvalue weighted by Gasteiger charge is 1.97. The lowest BCUT2D eigenvalue weighted by Gasteiger charge is -2.00. The third kappa shape index (κ3) is 3.72. The number of thiophene rings is 2. The smallest absolute Gasteiger partial charge is 0.0701 e. The zero-order valence-corrected chi connectivity index (χ0v) is 11.4. The van der Waals surface area contributed by atoms with Gasteiger partial charge in [0.05, 0.1) is 3.79 Å². The molecule has 2 heterocycles. The van der Waals surface area contributed by atoms with Crippen molar-refractivity contribution in [2.24, 2.45) is 0 Å². The van der Waals surface area contributed by atoms with Gasteiger partial charge in [-0.15, -0.1) is 22.7 Å². The molecular weight excluding hydrogens is 290 g/mol. The molecule has 0 atom stereocenters. The fourth-order valence-electron chi connectivity index (χ4n) is 1.32. The highest BCUT2D eigenvalue weighted by Crippen LogP contribution is 2.22. The Morgan fingerprint density at radius 3 is 2.80 bits per heavy atom. The fourth-order valence-corrected chi connectivity index (χ4v) is 3.48. The second-order valence-electron chi connectivity index (χ2n) is 3.21. The molecule has 80 valence electrons. The third-order valence-electron chi connectivity index (χ3n) is 2.06. The van der Waals surface area contributed by atoms with Crippen molar-refractivity contribution < 1.29 is 0 Å². The van der Waals surface area contributed by atoms with Gasteiger partial charge in [0.1, 0.15) is 0 Å². The molecule has 2 aromatic heterocycles. The van der Waals surface area contributed by atoms with Gasteiger partial charge < -0.3 is 5.32 Å². The molecule has 0 bridgehead atoms. The van der Waals surface area contributed by atoms with E-state index in [9.17, 15) is 0 Å². The molecule has 0 saturated heterocycles. The van der Waals surface area contributed by atoms with Crippen molar-refractivity contribution in [1.29, 1.82) is 0 Å². The van der Waals surface area contributed by atoms with Crippen molar-refractivity contribution in [3.63, 3.8) is 0 Å².